The highest BCUT2D eigenvalue weighted by Gasteiger charge is 2.21. The largest absolute Gasteiger partial charge is 0.397 e. The van der Waals surface area contributed by atoms with Gasteiger partial charge in [0.05, 0.1) is 5.69 Å². The second-order valence-electron chi connectivity index (χ2n) is 4.70. The van der Waals surface area contributed by atoms with E-state index >= 15 is 0 Å². The molecule has 1 aromatic heterocycles. The van der Waals surface area contributed by atoms with Crippen molar-refractivity contribution in [3.63, 3.8) is 0 Å². The summed E-state index contributed by atoms with van der Waals surface area (Å²) in [6.45, 7) is 0. The summed E-state index contributed by atoms with van der Waals surface area (Å²) in [6, 6.07) is 6.43. The number of anilines is 1. The Kier molecular flexibility index (Phi) is 3.07. The van der Waals surface area contributed by atoms with Gasteiger partial charge in [0.15, 0.2) is 5.82 Å². The lowest BCUT2D eigenvalue weighted by molar-refractivity contribution is 0.522. The molecule has 2 N–H and O–H groups in total. The Bertz CT molecular complexity index is 558. The molecule has 1 aliphatic carbocycles. The number of nitrogens with zero attached hydrogens (tertiary/aromatic N) is 3. The summed E-state index contributed by atoms with van der Waals surface area (Å²) in [6.07, 6.45) is 6.82. The zero-order chi connectivity index (χ0) is 12.5. The molecule has 0 aliphatic heterocycles. The average molecular weight is 307 g/mol. The summed E-state index contributed by atoms with van der Waals surface area (Å²) >= 11 is 3.46. The predicted octanol–water partition coefficient (Wildman–Crippen LogP) is 3.40. The molecule has 1 aromatic carbocycles. The van der Waals surface area contributed by atoms with Gasteiger partial charge in [0, 0.05) is 16.1 Å². The number of benzene rings is 1. The van der Waals surface area contributed by atoms with Gasteiger partial charge < -0.3 is 10.3 Å². The van der Waals surface area contributed by atoms with Gasteiger partial charge in [-0.25, -0.2) is 0 Å². The fraction of sp³-hybridized carbons (Fsp3) is 0.385. The first kappa shape index (κ1) is 11.7. The second-order valence-corrected chi connectivity index (χ2v) is 5.56. The third-order valence-corrected chi connectivity index (χ3v) is 4.28. The second kappa shape index (κ2) is 4.72. The Hall–Kier alpha value is -1.36. The van der Waals surface area contributed by atoms with E-state index in [0.29, 0.717) is 6.04 Å². The highest BCUT2D eigenvalue weighted by atomic mass is 79.9. The molecule has 1 saturated carbocycles. The van der Waals surface area contributed by atoms with Crippen LogP contribution in [0, 0.1) is 0 Å². The van der Waals surface area contributed by atoms with Crippen molar-refractivity contribution in [3.8, 4) is 11.4 Å². The van der Waals surface area contributed by atoms with Crippen LogP contribution >= 0.6 is 15.9 Å². The van der Waals surface area contributed by atoms with Gasteiger partial charge in [-0.15, -0.1) is 10.2 Å². The van der Waals surface area contributed by atoms with E-state index in [4.69, 9.17) is 5.73 Å². The molecule has 4 nitrogen and oxygen atoms in total. The third-order valence-electron chi connectivity index (χ3n) is 3.58. The van der Waals surface area contributed by atoms with Gasteiger partial charge in [-0.3, -0.25) is 0 Å². The third kappa shape index (κ3) is 1.92. The molecule has 1 aliphatic rings. The van der Waals surface area contributed by atoms with E-state index in [2.05, 4.69) is 30.7 Å². The van der Waals surface area contributed by atoms with Crippen LogP contribution in [-0.2, 0) is 0 Å². The molecule has 18 heavy (non-hydrogen) atoms. The fourth-order valence-electron chi connectivity index (χ4n) is 2.62. The van der Waals surface area contributed by atoms with Crippen molar-refractivity contribution in [1.82, 2.24) is 14.8 Å². The van der Waals surface area contributed by atoms with Gasteiger partial charge in [0.25, 0.3) is 0 Å². The van der Waals surface area contributed by atoms with Crippen LogP contribution in [0.4, 0.5) is 5.69 Å². The lowest BCUT2D eigenvalue weighted by Crippen LogP contribution is -2.06. The smallest absolute Gasteiger partial charge is 0.166 e. The van der Waals surface area contributed by atoms with Crippen LogP contribution in [0.15, 0.2) is 29.0 Å². The van der Waals surface area contributed by atoms with Crippen molar-refractivity contribution in [2.24, 2.45) is 0 Å². The van der Waals surface area contributed by atoms with E-state index in [0.717, 1.165) is 21.5 Å². The Morgan fingerprint density at radius 1 is 1.28 bits per heavy atom. The summed E-state index contributed by atoms with van der Waals surface area (Å²) < 4.78 is 3.08. The number of rotatable bonds is 2. The molecule has 3 rings (SSSR count). The number of para-hydroxylation sites is 1. The van der Waals surface area contributed by atoms with Gasteiger partial charge in [0.1, 0.15) is 6.33 Å². The Labute approximate surface area is 114 Å². The van der Waals surface area contributed by atoms with Crippen molar-refractivity contribution < 1.29 is 0 Å². The van der Waals surface area contributed by atoms with E-state index in [1.165, 1.54) is 25.7 Å². The van der Waals surface area contributed by atoms with E-state index < -0.39 is 0 Å². The Balaban J connectivity index is 2.06. The van der Waals surface area contributed by atoms with Crippen LogP contribution in [-0.4, -0.2) is 14.8 Å². The van der Waals surface area contributed by atoms with Crippen LogP contribution in [0.3, 0.4) is 0 Å². The molecule has 0 radical (unpaired) electrons. The number of nitrogens with two attached hydrogens (primary N) is 1. The molecule has 0 unspecified atom stereocenters. The monoisotopic (exact) mass is 306 g/mol. The van der Waals surface area contributed by atoms with Crippen molar-refractivity contribution in [1.29, 1.82) is 0 Å². The highest BCUT2D eigenvalue weighted by Crippen LogP contribution is 2.35. The van der Waals surface area contributed by atoms with Gasteiger partial charge in [-0.2, -0.15) is 0 Å². The molecular formula is C13H15BrN4. The molecule has 94 valence electrons. The quantitative estimate of drug-likeness (QED) is 0.865. The fourth-order valence-corrected chi connectivity index (χ4v) is 2.98. The Morgan fingerprint density at radius 2 is 2.06 bits per heavy atom. The van der Waals surface area contributed by atoms with Crippen LogP contribution in [0.1, 0.15) is 31.7 Å². The average Bonchev–Trinajstić information content (AvgIpc) is 3.01. The number of hydrogen-bond acceptors (Lipinski definition) is 3. The van der Waals surface area contributed by atoms with Crippen LogP contribution in [0.5, 0.6) is 0 Å². The maximum atomic E-state index is 6.11. The lowest BCUT2D eigenvalue weighted by Gasteiger charge is -2.15. The van der Waals surface area contributed by atoms with E-state index in [9.17, 15) is 0 Å². The topological polar surface area (TPSA) is 56.7 Å². The van der Waals surface area contributed by atoms with Crippen molar-refractivity contribution in [2.75, 3.05) is 5.73 Å². The summed E-state index contributed by atoms with van der Waals surface area (Å²) in [7, 11) is 0. The first-order chi connectivity index (χ1) is 8.77. The highest BCUT2D eigenvalue weighted by molar-refractivity contribution is 9.10. The summed E-state index contributed by atoms with van der Waals surface area (Å²) in [5.41, 5.74) is 7.79. The molecule has 0 bridgehead atoms. The first-order valence-electron chi connectivity index (χ1n) is 6.21. The maximum absolute atomic E-state index is 6.11. The summed E-state index contributed by atoms with van der Waals surface area (Å²) in [5.74, 6) is 0.876. The molecule has 2 aromatic rings. The minimum atomic E-state index is 0.522. The molecule has 1 heterocycles. The van der Waals surface area contributed by atoms with E-state index in [-0.39, 0.29) is 0 Å². The van der Waals surface area contributed by atoms with Crippen molar-refractivity contribution >= 4 is 21.6 Å². The van der Waals surface area contributed by atoms with Crippen LogP contribution in [0.25, 0.3) is 11.4 Å². The molecule has 1 fully saturated rings. The first-order valence-corrected chi connectivity index (χ1v) is 7.00. The summed E-state index contributed by atoms with van der Waals surface area (Å²) in [4.78, 5) is 0. The number of nitrogen functional groups attached to an aromatic ring is 1. The molecule has 0 spiro atoms. The zero-order valence-electron chi connectivity index (χ0n) is 10.0. The van der Waals surface area contributed by atoms with Crippen LogP contribution < -0.4 is 5.73 Å². The molecule has 5 heteroatoms. The molecule has 0 amide bonds. The molecule has 0 atom stereocenters. The Morgan fingerprint density at radius 3 is 2.83 bits per heavy atom. The number of halogens is 1. The van der Waals surface area contributed by atoms with Gasteiger partial charge in [-0.05, 0) is 40.9 Å². The number of hydrogen-bond donors (Lipinski definition) is 1. The molecular weight excluding hydrogens is 292 g/mol. The SMILES string of the molecule is Nc1c(Br)cccc1-c1nncn1C1CCCC1. The van der Waals surface area contributed by atoms with E-state index in [1.807, 2.05) is 24.5 Å². The van der Waals surface area contributed by atoms with Gasteiger partial charge >= 0.3 is 0 Å². The zero-order valence-corrected chi connectivity index (χ0v) is 11.6. The van der Waals surface area contributed by atoms with Gasteiger partial charge in [0.2, 0.25) is 0 Å². The minimum absolute atomic E-state index is 0.522. The van der Waals surface area contributed by atoms with Gasteiger partial charge in [-0.1, -0.05) is 18.9 Å². The minimum Gasteiger partial charge on any atom is -0.397 e. The standard InChI is InChI=1S/C13H15BrN4/c14-11-7-3-6-10(12(11)15)13-17-16-8-18(13)9-4-1-2-5-9/h3,6-9H,1-2,4-5,15H2. The lowest BCUT2D eigenvalue weighted by atomic mass is 10.1. The normalized spacial score (nSPS) is 16.3. The summed E-state index contributed by atoms with van der Waals surface area (Å²) in [5, 5.41) is 8.30. The molecule has 0 saturated heterocycles. The predicted molar refractivity (Wildman–Crippen MR) is 75.1 cm³/mol. The van der Waals surface area contributed by atoms with E-state index in [1.54, 1.807) is 0 Å². The number of aromatic nitrogens is 3. The van der Waals surface area contributed by atoms with Crippen molar-refractivity contribution in [3.05, 3.63) is 29.0 Å². The van der Waals surface area contributed by atoms with Crippen molar-refractivity contribution in [2.45, 2.75) is 31.7 Å². The maximum Gasteiger partial charge on any atom is 0.166 e. The van der Waals surface area contributed by atoms with Crippen LogP contribution in [0.2, 0.25) is 0 Å².